The van der Waals surface area contributed by atoms with Crippen molar-refractivity contribution in [2.45, 2.75) is 20.4 Å². The molecule has 9 heteroatoms. The summed E-state index contributed by atoms with van der Waals surface area (Å²) in [4.78, 5) is 40.4. The Kier molecular flexibility index (Phi) is 5.35. The molecule has 3 rings (SSSR count). The van der Waals surface area contributed by atoms with Crippen LogP contribution in [0.25, 0.3) is 16.7 Å². The molecular weight excluding hydrogens is 360 g/mol. The standard InChI is InChI=1S/C19H20N6O3/c1-4-5-20-19(28)23-16(26)10-24-11-21-17-15(18(24)27)9-22-25(17)14-7-12(2)6-13(3)8-14/h4,6-9,11H,1,5,10H2,2-3H3,(H2,20,23,26,28). The van der Waals surface area contributed by atoms with Crippen LogP contribution in [0.15, 0.2) is 48.2 Å². The molecule has 0 atom stereocenters. The van der Waals surface area contributed by atoms with Crippen LogP contribution in [0.5, 0.6) is 0 Å². The molecule has 0 aliphatic heterocycles. The Morgan fingerprint density at radius 1 is 1.21 bits per heavy atom. The maximum atomic E-state index is 12.7. The average molecular weight is 380 g/mol. The quantitative estimate of drug-likeness (QED) is 0.647. The van der Waals surface area contributed by atoms with E-state index in [2.05, 4.69) is 27.3 Å². The van der Waals surface area contributed by atoms with E-state index in [1.807, 2.05) is 32.0 Å². The number of imide groups is 1. The van der Waals surface area contributed by atoms with E-state index in [1.165, 1.54) is 18.6 Å². The molecule has 0 radical (unpaired) electrons. The fraction of sp³-hybridized carbons (Fsp3) is 0.211. The number of nitrogens with one attached hydrogen (secondary N) is 2. The minimum atomic E-state index is -0.658. The smallest absolute Gasteiger partial charge is 0.321 e. The van der Waals surface area contributed by atoms with E-state index in [0.29, 0.717) is 5.65 Å². The normalized spacial score (nSPS) is 10.6. The third-order valence-electron chi connectivity index (χ3n) is 3.98. The highest BCUT2D eigenvalue weighted by atomic mass is 16.2. The first-order chi connectivity index (χ1) is 13.4. The Morgan fingerprint density at radius 3 is 2.61 bits per heavy atom. The lowest BCUT2D eigenvalue weighted by Gasteiger charge is -2.08. The lowest BCUT2D eigenvalue weighted by molar-refractivity contribution is -0.120. The van der Waals surface area contributed by atoms with Gasteiger partial charge in [-0.1, -0.05) is 12.1 Å². The monoisotopic (exact) mass is 380 g/mol. The Hall–Kier alpha value is -3.75. The van der Waals surface area contributed by atoms with Crippen molar-refractivity contribution in [1.29, 1.82) is 0 Å². The molecule has 3 aromatic rings. The van der Waals surface area contributed by atoms with E-state index in [4.69, 9.17) is 0 Å². The molecular formula is C19H20N6O3. The first kappa shape index (κ1) is 19.0. The third-order valence-corrected chi connectivity index (χ3v) is 3.98. The lowest BCUT2D eigenvalue weighted by atomic mass is 10.1. The number of benzene rings is 1. The van der Waals surface area contributed by atoms with Gasteiger partial charge in [0.1, 0.15) is 18.3 Å². The zero-order valence-corrected chi connectivity index (χ0v) is 15.6. The zero-order valence-electron chi connectivity index (χ0n) is 15.6. The molecule has 0 bridgehead atoms. The van der Waals surface area contributed by atoms with E-state index in [9.17, 15) is 14.4 Å². The van der Waals surface area contributed by atoms with Crippen LogP contribution in [0.3, 0.4) is 0 Å². The van der Waals surface area contributed by atoms with Crippen LogP contribution in [0.2, 0.25) is 0 Å². The van der Waals surface area contributed by atoms with Gasteiger partial charge in [0.25, 0.3) is 5.56 Å². The maximum absolute atomic E-state index is 12.7. The summed E-state index contributed by atoms with van der Waals surface area (Å²) < 4.78 is 2.72. The molecule has 1 aromatic carbocycles. The fourth-order valence-corrected chi connectivity index (χ4v) is 2.85. The largest absolute Gasteiger partial charge is 0.334 e. The second-order valence-electron chi connectivity index (χ2n) is 6.36. The van der Waals surface area contributed by atoms with Crippen LogP contribution in [0.1, 0.15) is 11.1 Å². The van der Waals surface area contributed by atoms with Crippen LogP contribution in [0.4, 0.5) is 4.79 Å². The molecule has 0 saturated heterocycles. The SMILES string of the molecule is C=CCNC(=O)NC(=O)Cn1cnc2c(cnn2-c2cc(C)cc(C)c2)c1=O. The van der Waals surface area contributed by atoms with E-state index in [0.717, 1.165) is 21.4 Å². The number of hydrogen-bond acceptors (Lipinski definition) is 5. The minimum Gasteiger partial charge on any atom is -0.334 e. The van der Waals surface area contributed by atoms with Gasteiger partial charge in [-0.25, -0.2) is 14.5 Å². The van der Waals surface area contributed by atoms with Crippen molar-refractivity contribution in [3.8, 4) is 5.69 Å². The molecule has 3 amide bonds. The highest BCUT2D eigenvalue weighted by Crippen LogP contribution is 2.16. The van der Waals surface area contributed by atoms with Gasteiger partial charge in [0.05, 0.1) is 11.9 Å². The second kappa shape index (κ2) is 7.87. The topological polar surface area (TPSA) is 111 Å². The number of aryl methyl sites for hydroxylation is 2. The van der Waals surface area contributed by atoms with E-state index in [-0.39, 0.29) is 18.5 Å². The van der Waals surface area contributed by atoms with E-state index < -0.39 is 17.5 Å². The van der Waals surface area contributed by atoms with Crippen molar-refractivity contribution >= 4 is 23.0 Å². The second-order valence-corrected chi connectivity index (χ2v) is 6.36. The third kappa shape index (κ3) is 3.98. The summed E-state index contributed by atoms with van der Waals surface area (Å²) in [5, 5.41) is 9.12. The number of hydrogen-bond donors (Lipinski definition) is 2. The molecule has 28 heavy (non-hydrogen) atoms. The number of carbonyl (C=O) groups excluding carboxylic acids is 2. The first-order valence-electron chi connectivity index (χ1n) is 8.59. The Labute approximate surface area is 160 Å². The van der Waals surface area contributed by atoms with Crippen LogP contribution in [-0.2, 0) is 11.3 Å². The fourth-order valence-electron chi connectivity index (χ4n) is 2.85. The Morgan fingerprint density at radius 2 is 1.93 bits per heavy atom. The minimum absolute atomic E-state index is 0.226. The van der Waals surface area contributed by atoms with Gasteiger partial charge in [0, 0.05) is 6.54 Å². The van der Waals surface area contributed by atoms with E-state index in [1.54, 1.807) is 4.68 Å². The van der Waals surface area contributed by atoms with Crippen molar-refractivity contribution in [3.05, 3.63) is 64.9 Å². The molecule has 0 fully saturated rings. The average Bonchev–Trinajstić information content (AvgIpc) is 3.06. The van der Waals surface area contributed by atoms with Gasteiger partial charge < -0.3 is 5.32 Å². The number of rotatable bonds is 5. The van der Waals surface area contributed by atoms with Gasteiger partial charge >= 0.3 is 6.03 Å². The van der Waals surface area contributed by atoms with Crippen molar-refractivity contribution in [1.82, 2.24) is 30.0 Å². The van der Waals surface area contributed by atoms with Crippen molar-refractivity contribution in [2.24, 2.45) is 0 Å². The molecule has 2 heterocycles. The molecule has 0 unspecified atom stereocenters. The number of urea groups is 1. The molecule has 0 saturated carbocycles. The van der Waals surface area contributed by atoms with E-state index >= 15 is 0 Å². The predicted molar refractivity (Wildman–Crippen MR) is 104 cm³/mol. The first-order valence-corrected chi connectivity index (χ1v) is 8.59. The number of nitrogens with zero attached hydrogens (tertiary/aromatic N) is 4. The Bertz CT molecular complexity index is 1110. The molecule has 2 N–H and O–H groups in total. The van der Waals surface area contributed by atoms with Gasteiger partial charge in [-0.05, 0) is 37.1 Å². The zero-order chi connectivity index (χ0) is 20.3. The predicted octanol–water partition coefficient (Wildman–Crippen LogP) is 1.21. The molecule has 9 nitrogen and oxygen atoms in total. The van der Waals surface area contributed by atoms with Gasteiger partial charge in [-0.15, -0.1) is 6.58 Å². The summed E-state index contributed by atoms with van der Waals surface area (Å²) in [6.07, 6.45) is 4.18. The Balaban J connectivity index is 1.87. The summed E-state index contributed by atoms with van der Waals surface area (Å²) in [6.45, 7) is 7.31. The van der Waals surface area contributed by atoms with Crippen LogP contribution in [0, 0.1) is 13.8 Å². The van der Waals surface area contributed by atoms with Crippen molar-refractivity contribution in [2.75, 3.05) is 6.54 Å². The van der Waals surface area contributed by atoms with Crippen LogP contribution >= 0.6 is 0 Å². The molecule has 2 aromatic heterocycles. The van der Waals surface area contributed by atoms with Gasteiger partial charge in [-0.3, -0.25) is 19.5 Å². The lowest BCUT2D eigenvalue weighted by Crippen LogP contribution is -2.42. The number of aromatic nitrogens is 4. The summed E-state index contributed by atoms with van der Waals surface area (Å²) in [5.41, 5.74) is 2.92. The van der Waals surface area contributed by atoms with Crippen molar-refractivity contribution in [3.63, 3.8) is 0 Å². The molecule has 0 aliphatic rings. The summed E-state index contributed by atoms with van der Waals surface area (Å²) in [7, 11) is 0. The van der Waals surface area contributed by atoms with Gasteiger partial charge in [-0.2, -0.15) is 5.10 Å². The highest BCUT2D eigenvalue weighted by Gasteiger charge is 2.14. The molecule has 0 spiro atoms. The molecule has 144 valence electrons. The van der Waals surface area contributed by atoms with Gasteiger partial charge in [0.2, 0.25) is 5.91 Å². The number of amides is 3. The summed E-state index contributed by atoms with van der Waals surface area (Å²) in [5.74, 6) is -0.633. The van der Waals surface area contributed by atoms with Gasteiger partial charge in [0.15, 0.2) is 5.65 Å². The molecule has 0 aliphatic carbocycles. The number of fused-ring (bicyclic) bond motifs is 1. The van der Waals surface area contributed by atoms with Crippen LogP contribution in [-0.4, -0.2) is 37.8 Å². The maximum Gasteiger partial charge on any atom is 0.321 e. The number of carbonyl (C=O) groups is 2. The summed E-state index contributed by atoms with van der Waals surface area (Å²) >= 11 is 0. The van der Waals surface area contributed by atoms with Crippen LogP contribution < -0.4 is 16.2 Å². The summed E-state index contributed by atoms with van der Waals surface area (Å²) in [6, 6.07) is 5.28. The van der Waals surface area contributed by atoms with Crippen molar-refractivity contribution < 1.29 is 9.59 Å². The highest BCUT2D eigenvalue weighted by molar-refractivity contribution is 5.94.